The summed E-state index contributed by atoms with van der Waals surface area (Å²) in [6.45, 7) is 2.20. The van der Waals surface area contributed by atoms with E-state index in [0.717, 1.165) is 24.2 Å². The van der Waals surface area contributed by atoms with Crippen molar-refractivity contribution in [3.05, 3.63) is 60.2 Å². The van der Waals surface area contributed by atoms with E-state index in [0.29, 0.717) is 17.8 Å². The van der Waals surface area contributed by atoms with Crippen LogP contribution in [0.4, 0.5) is 17.1 Å². The lowest BCUT2D eigenvalue weighted by molar-refractivity contribution is -0.117. The number of anilines is 3. The van der Waals surface area contributed by atoms with Gasteiger partial charge < -0.3 is 15.5 Å². The summed E-state index contributed by atoms with van der Waals surface area (Å²) < 4.78 is 0. The molecule has 6 heteroatoms. The normalized spacial score (nSPS) is 13.8. The minimum Gasteiger partial charge on any atom is -0.326 e. The highest BCUT2D eigenvalue weighted by Gasteiger charge is 2.21. The first-order valence-electron chi connectivity index (χ1n) is 8.78. The topological polar surface area (TPSA) is 78.5 Å². The molecule has 27 heavy (non-hydrogen) atoms. The molecule has 0 atom stereocenters. The molecule has 3 amide bonds. The smallest absolute Gasteiger partial charge is 0.248 e. The van der Waals surface area contributed by atoms with Crippen LogP contribution in [0.1, 0.15) is 25.3 Å². The minimum absolute atomic E-state index is 0.127. The fourth-order valence-electron chi connectivity index (χ4n) is 2.88. The monoisotopic (exact) mass is 363 g/mol. The molecule has 1 aliphatic rings. The first-order valence-corrected chi connectivity index (χ1v) is 8.78. The van der Waals surface area contributed by atoms with Crippen molar-refractivity contribution < 1.29 is 14.4 Å². The first-order chi connectivity index (χ1) is 13.0. The minimum atomic E-state index is -0.245. The van der Waals surface area contributed by atoms with Gasteiger partial charge in [-0.2, -0.15) is 0 Å². The second-order valence-electron chi connectivity index (χ2n) is 6.32. The molecule has 0 aromatic heterocycles. The molecule has 0 aliphatic carbocycles. The van der Waals surface area contributed by atoms with Crippen molar-refractivity contribution in [1.82, 2.24) is 0 Å². The van der Waals surface area contributed by atoms with Crippen molar-refractivity contribution in [2.45, 2.75) is 19.8 Å². The van der Waals surface area contributed by atoms with Crippen LogP contribution in [-0.4, -0.2) is 24.3 Å². The summed E-state index contributed by atoms with van der Waals surface area (Å²) in [7, 11) is 0. The van der Waals surface area contributed by atoms with Crippen LogP contribution in [-0.2, 0) is 14.4 Å². The Morgan fingerprint density at radius 3 is 2.19 bits per heavy atom. The van der Waals surface area contributed by atoms with Gasteiger partial charge in [-0.3, -0.25) is 14.4 Å². The maximum absolute atomic E-state index is 12.1. The van der Waals surface area contributed by atoms with Gasteiger partial charge in [-0.05, 0) is 54.5 Å². The molecular weight excluding hydrogens is 342 g/mol. The summed E-state index contributed by atoms with van der Waals surface area (Å²) in [5, 5.41) is 5.48. The summed E-state index contributed by atoms with van der Waals surface area (Å²) >= 11 is 0. The van der Waals surface area contributed by atoms with E-state index in [1.165, 1.54) is 13.0 Å². The van der Waals surface area contributed by atoms with E-state index < -0.39 is 0 Å². The van der Waals surface area contributed by atoms with Crippen LogP contribution in [0.5, 0.6) is 0 Å². The summed E-state index contributed by atoms with van der Waals surface area (Å²) in [5.74, 6) is -0.233. The Hall–Kier alpha value is -3.41. The van der Waals surface area contributed by atoms with E-state index in [-0.39, 0.29) is 17.7 Å². The fraction of sp³-hybridized carbons (Fsp3) is 0.190. The molecule has 1 aliphatic heterocycles. The fourth-order valence-corrected chi connectivity index (χ4v) is 2.88. The molecule has 1 heterocycles. The molecule has 1 saturated heterocycles. The van der Waals surface area contributed by atoms with E-state index in [2.05, 4.69) is 10.6 Å². The van der Waals surface area contributed by atoms with E-state index in [1.807, 2.05) is 24.3 Å². The van der Waals surface area contributed by atoms with Crippen molar-refractivity contribution in [3.63, 3.8) is 0 Å². The van der Waals surface area contributed by atoms with Crippen molar-refractivity contribution in [2.24, 2.45) is 0 Å². The van der Waals surface area contributed by atoms with Crippen molar-refractivity contribution >= 4 is 40.9 Å². The van der Waals surface area contributed by atoms with Crippen LogP contribution in [0.3, 0.4) is 0 Å². The van der Waals surface area contributed by atoms with Crippen molar-refractivity contribution in [1.29, 1.82) is 0 Å². The van der Waals surface area contributed by atoms with Crippen LogP contribution in [0.15, 0.2) is 54.6 Å². The molecule has 2 aromatic carbocycles. The number of hydrogen-bond donors (Lipinski definition) is 2. The molecule has 0 spiro atoms. The average molecular weight is 363 g/mol. The molecule has 138 valence electrons. The van der Waals surface area contributed by atoms with E-state index in [4.69, 9.17) is 0 Å². The number of hydrogen-bond acceptors (Lipinski definition) is 3. The lowest BCUT2D eigenvalue weighted by atomic mass is 10.2. The van der Waals surface area contributed by atoms with E-state index >= 15 is 0 Å². The number of nitrogens with one attached hydrogen (secondary N) is 2. The van der Waals surface area contributed by atoms with Crippen LogP contribution in [0.25, 0.3) is 6.08 Å². The zero-order chi connectivity index (χ0) is 19.2. The highest BCUT2D eigenvalue weighted by Crippen LogP contribution is 2.23. The van der Waals surface area contributed by atoms with Gasteiger partial charge in [0.2, 0.25) is 17.7 Å². The van der Waals surface area contributed by atoms with Gasteiger partial charge in [-0.1, -0.05) is 12.1 Å². The molecule has 2 N–H and O–H groups in total. The Kier molecular flexibility index (Phi) is 5.66. The van der Waals surface area contributed by atoms with Gasteiger partial charge in [0.1, 0.15) is 0 Å². The third-order valence-corrected chi connectivity index (χ3v) is 4.18. The maximum atomic E-state index is 12.1. The maximum Gasteiger partial charge on any atom is 0.248 e. The highest BCUT2D eigenvalue weighted by atomic mass is 16.2. The van der Waals surface area contributed by atoms with Gasteiger partial charge in [-0.15, -0.1) is 0 Å². The number of benzene rings is 2. The standard InChI is InChI=1S/C21H21N3O3/c1-15(25)22-17-7-4-16(5-8-17)6-13-20(26)23-18-9-11-19(12-10-18)24-14-2-3-21(24)27/h4-13H,2-3,14H2,1H3,(H,22,25)(H,23,26)/b13-6+. The lowest BCUT2D eigenvalue weighted by Crippen LogP contribution is -2.23. The lowest BCUT2D eigenvalue weighted by Gasteiger charge is -2.15. The Morgan fingerprint density at radius 2 is 1.59 bits per heavy atom. The second kappa shape index (κ2) is 8.31. The van der Waals surface area contributed by atoms with Crippen molar-refractivity contribution in [2.75, 3.05) is 22.1 Å². The van der Waals surface area contributed by atoms with Crippen LogP contribution in [0.2, 0.25) is 0 Å². The Bertz CT molecular complexity index is 871. The van der Waals surface area contributed by atoms with Gasteiger partial charge in [0.15, 0.2) is 0 Å². The summed E-state index contributed by atoms with van der Waals surface area (Å²) in [6.07, 6.45) is 4.62. The van der Waals surface area contributed by atoms with Gasteiger partial charge >= 0.3 is 0 Å². The first kappa shape index (κ1) is 18.4. The summed E-state index contributed by atoms with van der Waals surface area (Å²) in [6, 6.07) is 14.4. The van der Waals surface area contributed by atoms with Gasteiger partial charge in [0.25, 0.3) is 0 Å². The number of carbonyl (C=O) groups excluding carboxylic acids is 3. The Labute approximate surface area is 157 Å². The molecule has 0 bridgehead atoms. The Balaban J connectivity index is 1.56. The number of amides is 3. The van der Waals surface area contributed by atoms with Gasteiger partial charge in [0, 0.05) is 43.0 Å². The number of rotatable bonds is 5. The molecular formula is C21H21N3O3. The predicted octanol–water partition coefficient (Wildman–Crippen LogP) is 3.42. The molecule has 0 saturated carbocycles. The van der Waals surface area contributed by atoms with Gasteiger partial charge in [0.05, 0.1) is 0 Å². The third-order valence-electron chi connectivity index (χ3n) is 4.18. The van der Waals surface area contributed by atoms with E-state index in [1.54, 1.807) is 35.2 Å². The van der Waals surface area contributed by atoms with E-state index in [9.17, 15) is 14.4 Å². The zero-order valence-corrected chi connectivity index (χ0v) is 15.1. The second-order valence-corrected chi connectivity index (χ2v) is 6.32. The van der Waals surface area contributed by atoms with Gasteiger partial charge in [-0.25, -0.2) is 0 Å². The Morgan fingerprint density at radius 1 is 0.963 bits per heavy atom. The molecule has 1 fully saturated rings. The SMILES string of the molecule is CC(=O)Nc1ccc(/C=C/C(=O)Nc2ccc(N3CCCC3=O)cc2)cc1. The highest BCUT2D eigenvalue weighted by molar-refractivity contribution is 6.02. The molecule has 0 radical (unpaired) electrons. The third kappa shape index (κ3) is 5.04. The zero-order valence-electron chi connectivity index (χ0n) is 15.1. The van der Waals surface area contributed by atoms with Crippen molar-refractivity contribution in [3.8, 4) is 0 Å². The van der Waals surface area contributed by atoms with Crippen LogP contribution >= 0.6 is 0 Å². The largest absolute Gasteiger partial charge is 0.326 e. The average Bonchev–Trinajstić information content (AvgIpc) is 3.07. The molecule has 2 aromatic rings. The quantitative estimate of drug-likeness (QED) is 0.799. The molecule has 6 nitrogen and oxygen atoms in total. The van der Waals surface area contributed by atoms with Crippen LogP contribution < -0.4 is 15.5 Å². The van der Waals surface area contributed by atoms with Crippen LogP contribution in [0, 0.1) is 0 Å². The molecule has 0 unspecified atom stereocenters. The molecule has 3 rings (SSSR count). The summed E-state index contributed by atoms with van der Waals surface area (Å²) in [5.41, 5.74) is 3.08. The number of nitrogens with zero attached hydrogens (tertiary/aromatic N) is 1. The number of carbonyl (C=O) groups is 3. The summed E-state index contributed by atoms with van der Waals surface area (Å²) in [4.78, 5) is 36.6. The predicted molar refractivity (Wildman–Crippen MR) is 106 cm³/mol.